The molecule has 158 valence electrons. The van der Waals surface area contributed by atoms with E-state index in [0.29, 0.717) is 0 Å². The molecule has 2 aromatic rings. The van der Waals surface area contributed by atoms with Crippen molar-refractivity contribution < 1.29 is 0 Å². The molecule has 0 radical (unpaired) electrons. The van der Waals surface area contributed by atoms with Gasteiger partial charge >= 0.3 is 0 Å². The Kier molecular flexibility index (Phi) is 9.25. The molecule has 1 heteroatoms. The van der Waals surface area contributed by atoms with Gasteiger partial charge in [-0.25, -0.2) is 0 Å². The van der Waals surface area contributed by atoms with Crippen molar-refractivity contribution in [2.75, 3.05) is 0 Å². The standard InChI is InChI=1S/C28H41N/c1-3-5-6-7-9-24-10-12-25(13-11-24)14-15-26-18-21-28(29-22-26)27-19-16-23(8-4-2)17-20-27/h16-22,24-25H,3-15H2,1-2H3. The third-order valence-electron chi connectivity index (χ3n) is 6.89. The molecule has 0 aliphatic heterocycles. The molecule has 1 saturated carbocycles. The lowest BCUT2D eigenvalue weighted by Crippen LogP contribution is -2.15. The molecule has 0 amide bonds. The van der Waals surface area contributed by atoms with Gasteiger partial charge in [0, 0.05) is 11.8 Å². The van der Waals surface area contributed by atoms with Crippen LogP contribution in [0.15, 0.2) is 42.6 Å². The summed E-state index contributed by atoms with van der Waals surface area (Å²) in [7, 11) is 0. The Morgan fingerprint density at radius 3 is 2.00 bits per heavy atom. The maximum atomic E-state index is 4.75. The van der Waals surface area contributed by atoms with E-state index in [1.54, 1.807) is 0 Å². The van der Waals surface area contributed by atoms with Crippen LogP contribution < -0.4 is 0 Å². The quantitative estimate of drug-likeness (QED) is 0.350. The fraction of sp³-hybridized carbons (Fsp3) is 0.607. The van der Waals surface area contributed by atoms with E-state index in [4.69, 9.17) is 4.98 Å². The van der Waals surface area contributed by atoms with Gasteiger partial charge in [-0.2, -0.15) is 0 Å². The minimum absolute atomic E-state index is 0.938. The summed E-state index contributed by atoms with van der Waals surface area (Å²) < 4.78 is 0. The van der Waals surface area contributed by atoms with Crippen molar-refractivity contribution in [3.63, 3.8) is 0 Å². The highest BCUT2D eigenvalue weighted by Gasteiger charge is 2.20. The number of hydrogen-bond acceptors (Lipinski definition) is 1. The molecule has 1 heterocycles. The lowest BCUT2D eigenvalue weighted by atomic mass is 9.78. The smallest absolute Gasteiger partial charge is 0.0702 e. The zero-order valence-corrected chi connectivity index (χ0v) is 18.8. The van der Waals surface area contributed by atoms with Gasteiger partial charge in [0.05, 0.1) is 5.69 Å². The van der Waals surface area contributed by atoms with E-state index in [9.17, 15) is 0 Å². The van der Waals surface area contributed by atoms with Crippen LogP contribution in [0, 0.1) is 11.8 Å². The fourth-order valence-electron chi connectivity index (χ4n) is 4.91. The first-order valence-corrected chi connectivity index (χ1v) is 12.3. The van der Waals surface area contributed by atoms with E-state index in [1.807, 2.05) is 0 Å². The molecule has 0 N–H and O–H groups in total. The maximum absolute atomic E-state index is 4.75. The molecule has 1 aliphatic rings. The van der Waals surface area contributed by atoms with Crippen molar-refractivity contribution in [1.29, 1.82) is 0 Å². The highest BCUT2D eigenvalue weighted by Crippen LogP contribution is 2.34. The second-order valence-electron chi connectivity index (χ2n) is 9.27. The first-order valence-electron chi connectivity index (χ1n) is 12.3. The topological polar surface area (TPSA) is 12.9 Å². The van der Waals surface area contributed by atoms with Crippen molar-refractivity contribution in [3.8, 4) is 11.3 Å². The summed E-state index contributed by atoms with van der Waals surface area (Å²) in [6.07, 6.45) is 20.0. The van der Waals surface area contributed by atoms with Gasteiger partial charge in [-0.05, 0) is 48.3 Å². The minimum Gasteiger partial charge on any atom is -0.256 e. The average Bonchev–Trinajstić information content (AvgIpc) is 2.77. The monoisotopic (exact) mass is 391 g/mol. The van der Waals surface area contributed by atoms with Crippen LogP contribution >= 0.6 is 0 Å². The molecule has 1 nitrogen and oxygen atoms in total. The van der Waals surface area contributed by atoms with Crippen molar-refractivity contribution in [2.24, 2.45) is 11.8 Å². The first kappa shape index (κ1) is 22.1. The van der Waals surface area contributed by atoms with E-state index >= 15 is 0 Å². The Bertz CT molecular complexity index is 677. The van der Waals surface area contributed by atoms with Gasteiger partial charge in [0.1, 0.15) is 0 Å². The van der Waals surface area contributed by atoms with E-state index in [-0.39, 0.29) is 0 Å². The van der Waals surface area contributed by atoms with E-state index < -0.39 is 0 Å². The highest BCUT2D eigenvalue weighted by atomic mass is 14.7. The lowest BCUT2D eigenvalue weighted by molar-refractivity contribution is 0.249. The van der Waals surface area contributed by atoms with Gasteiger partial charge < -0.3 is 0 Å². The van der Waals surface area contributed by atoms with Gasteiger partial charge in [0.25, 0.3) is 0 Å². The first-order chi connectivity index (χ1) is 14.3. The number of unbranched alkanes of at least 4 members (excludes halogenated alkanes) is 3. The van der Waals surface area contributed by atoms with Crippen LogP contribution in [0.2, 0.25) is 0 Å². The number of benzene rings is 1. The molecule has 0 unspecified atom stereocenters. The number of nitrogens with zero attached hydrogens (tertiary/aromatic N) is 1. The van der Waals surface area contributed by atoms with Gasteiger partial charge in [-0.1, -0.05) is 108 Å². The summed E-state index contributed by atoms with van der Waals surface area (Å²) in [6.45, 7) is 4.54. The van der Waals surface area contributed by atoms with Crippen LogP contribution in [-0.2, 0) is 12.8 Å². The number of hydrogen-bond donors (Lipinski definition) is 0. The van der Waals surface area contributed by atoms with Gasteiger partial charge in [0.2, 0.25) is 0 Å². The second kappa shape index (κ2) is 12.2. The van der Waals surface area contributed by atoms with Crippen molar-refractivity contribution in [1.82, 2.24) is 4.98 Å². The fourth-order valence-corrected chi connectivity index (χ4v) is 4.91. The summed E-state index contributed by atoms with van der Waals surface area (Å²) >= 11 is 0. The average molecular weight is 392 g/mol. The van der Waals surface area contributed by atoms with Gasteiger partial charge in [-0.3, -0.25) is 4.98 Å². The van der Waals surface area contributed by atoms with Gasteiger partial charge in [0.15, 0.2) is 0 Å². The highest BCUT2D eigenvalue weighted by molar-refractivity contribution is 5.59. The van der Waals surface area contributed by atoms with Crippen molar-refractivity contribution in [3.05, 3.63) is 53.7 Å². The zero-order chi connectivity index (χ0) is 20.3. The predicted octanol–water partition coefficient (Wildman–Crippen LogP) is 8.41. The van der Waals surface area contributed by atoms with Crippen LogP contribution in [0.3, 0.4) is 0 Å². The van der Waals surface area contributed by atoms with E-state index in [0.717, 1.165) is 24.0 Å². The summed E-state index contributed by atoms with van der Waals surface area (Å²) in [4.78, 5) is 4.75. The molecule has 1 aromatic heterocycles. The Morgan fingerprint density at radius 2 is 1.38 bits per heavy atom. The number of aromatic nitrogens is 1. The molecule has 0 spiro atoms. The predicted molar refractivity (Wildman–Crippen MR) is 126 cm³/mol. The molecule has 3 rings (SSSR count). The van der Waals surface area contributed by atoms with Gasteiger partial charge in [-0.15, -0.1) is 0 Å². The Balaban J connectivity index is 1.39. The SMILES string of the molecule is CCCCCCC1CCC(CCc2ccc(-c3ccc(CCC)cc3)nc2)CC1. The molecule has 29 heavy (non-hydrogen) atoms. The molecular formula is C28H41N. The van der Waals surface area contributed by atoms with Crippen LogP contribution in [0.4, 0.5) is 0 Å². The van der Waals surface area contributed by atoms with Crippen LogP contribution in [0.5, 0.6) is 0 Å². The third-order valence-corrected chi connectivity index (χ3v) is 6.89. The Labute approximate surface area is 179 Å². The van der Waals surface area contributed by atoms with E-state index in [2.05, 4.69) is 56.4 Å². The van der Waals surface area contributed by atoms with Crippen LogP contribution in [-0.4, -0.2) is 4.98 Å². The number of rotatable bonds is 11. The Hall–Kier alpha value is -1.63. The molecule has 0 bridgehead atoms. The summed E-state index contributed by atoms with van der Waals surface area (Å²) in [6, 6.07) is 13.4. The maximum Gasteiger partial charge on any atom is 0.0702 e. The molecular weight excluding hydrogens is 350 g/mol. The molecule has 0 saturated heterocycles. The molecule has 0 atom stereocenters. The van der Waals surface area contributed by atoms with Crippen molar-refractivity contribution >= 4 is 0 Å². The number of aryl methyl sites for hydroxylation is 2. The van der Waals surface area contributed by atoms with Crippen LogP contribution in [0.25, 0.3) is 11.3 Å². The summed E-state index contributed by atoms with van der Waals surface area (Å²) in [5.41, 5.74) is 5.15. The minimum atomic E-state index is 0.938. The second-order valence-corrected chi connectivity index (χ2v) is 9.27. The largest absolute Gasteiger partial charge is 0.256 e. The third kappa shape index (κ3) is 7.28. The van der Waals surface area contributed by atoms with Crippen LogP contribution in [0.1, 0.15) is 95.6 Å². The summed E-state index contributed by atoms with van der Waals surface area (Å²) in [5.74, 6) is 1.96. The van der Waals surface area contributed by atoms with Crippen molar-refractivity contribution in [2.45, 2.75) is 97.3 Å². The van der Waals surface area contributed by atoms with E-state index in [1.165, 1.54) is 93.7 Å². The molecule has 1 aliphatic carbocycles. The number of pyridine rings is 1. The summed E-state index contributed by atoms with van der Waals surface area (Å²) in [5, 5.41) is 0. The normalized spacial score (nSPS) is 19.4. The lowest BCUT2D eigenvalue weighted by Gasteiger charge is -2.28. The zero-order valence-electron chi connectivity index (χ0n) is 18.8. The Morgan fingerprint density at radius 1 is 0.690 bits per heavy atom. The molecule has 1 aromatic carbocycles. The molecule has 1 fully saturated rings.